The average Bonchev–Trinajstić information content (AvgIpc) is 2.29. The van der Waals surface area contributed by atoms with Gasteiger partial charge in [0.15, 0.2) is 0 Å². The molecule has 4 N–H and O–H groups in total. The molecular weight excluding hydrogens is 218 g/mol. The Hall–Kier alpha value is -1.85. The molecule has 0 aliphatic carbocycles. The Kier molecular flexibility index (Phi) is 4.68. The standard InChI is InChI=1S/C11H19N5O/c1-4-8-9(12)14-6-15-10(8)16-7(3)11(17)13-5-2/h6-7H,4-5H2,1-3H3,(H,13,17)(H3,12,14,15,16). The molecule has 1 amide bonds. The van der Waals surface area contributed by atoms with Crippen LogP contribution in [0.4, 0.5) is 11.6 Å². The summed E-state index contributed by atoms with van der Waals surface area (Å²) >= 11 is 0. The smallest absolute Gasteiger partial charge is 0.242 e. The lowest BCUT2D eigenvalue weighted by molar-refractivity contribution is -0.121. The van der Waals surface area contributed by atoms with Gasteiger partial charge in [0, 0.05) is 12.1 Å². The molecule has 1 aromatic heterocycles. The van der Waals surface area contributed by atoms with Gasteiger partial charge in [-0.25, -0.2) is 9.97 Å². The number of nitrogens with one attached hydrogen (secondary N) is 2. The van der Waals surface area contributed by atoms with E-state index in [4.69, 9.17) is 5.73 Å². The number of carbonyl (C=O) groups excluding carboxylic acids is 1. The van der Waals surface area contributed by atoms with Crippen LogP contribution in [0.5, 0.6) is 0 Å². The maximum atomic E-state index is 11.6. The summed E-state index contributed by atoms with van der Waals surface area (Å²) in [7, 11) is 0. The Morgan fingerprint density at radius 3 is 2.76 bits per heavy atom. The van der Waals surface area contributed by atoms with Crippen LogP contribution in [-0.2, 0) is 11.2 Å². The Morgan fingerprint density at radius 2 is 2.18 bits per heavy atom. The van der Waals surface area contributed by atoms with Crippen molar-refractivity contribution in [2.75, 3.05) is 17.6 Å². The van der Waals surface area contributed by atoms with Crippen LogP contribution < -0.4 is 16.4 Å². The first-order chi connectivity index (χ1) is 8.10. The van der Waals surface area contributed by atoms with Crippen LogP contribution in [0.2, 0.25) is 0 Å². The molecule has 1 atom stereocenters. The number of rotatable bonds is 5. The fourth-order valence-electron chi connectivity index (χ4n) is 1.50. The molecule has 0 saturated carbocycles. The molecule has 0 bridgehead atoms. The highest BCUT2D eigenvalue weighted by molar-refractivity contribution is 5.84. The van der Waals surface area contributed by atoms with Crippen LogP contribution in [0.3, 0.4) is 0 Å². The van der Waals surface area contributed by atoms with E-state index >= 15 is 0 Å². The van der Waals surface area contributed by atoms with Crippen LogP contribution >= 0.6 is 0 Å². The summed E-state index contributed by atoms with van der Waals surface area (Å²) in [5.41, 5.74) is 6.59. The molecule has 0 spiro atoms. The molecule has 1 aromatic rings. The maximum Gasteiger partial charge on any atom is 0.242 e. The van der Waals surface area contributed by atoms with Crippen molar-refractivity contribution in [3.8, 4) is 0 Å². The van der Waals surface area contributed by atoms with Gasteiger partial charge in [-0.3, -0.25) is 4.79 Å². The summed E-state index contributed by atoms with van der Waals surface area (Å²) in [6, 6.07) is -0.352. The number of nitrogen functional groups attached to an aromatic ring is 1. The SMILES string of the molecule is CCNC(=O)C(C)Nc1ncnc(N)c1CC. The van der Waals surface area contributed by atoms with E-state index in [9.17, 15) is 4.79 Å². The quantitative estimate of drug-likeness (QED) is 0.695. The summed E-state index contributed by atoms with van der Waals surface area (Å²) in [5.74, 6) is 1.01. The molecule has 0 aliphatic rings. The van der Waals surface area contributed by atoms with Crippen LogP contribution in [0.15, 0.2) is 6.33 Å². The Balaban J connectivity index is 2.81. The van der Waals surface area contributed by atoms with Gasteiger partial charge in [0.2, 0.25) is 5.91 Å². The van der Waals surface area contributed by atoms with Gasteiger partial charge in [-0.2, -0.15) is 0 Å². The molecule has 0 saturated heterocycles. The fourth-order valence-corrected chi connectivity index (χ4v) is 1.50. The number of carbonyl (C=O) groups is 1. The van der Waals surface area contributed by atoms with Crippen molar-refractivity contribution in [1.29, 1.82) is 0 Å². The van der Waals surface area contributed by atoms with Gasteiger partial charge < -0.3 is 16.4 Å². The Labute approximate surface area is 101 Å². The average molecular weight is 237 g/mol. The number of aromatic nitrogens is 2. The summed E-state index contributed by atoms with van der Waals surface area (Å²) < 4.78 is 0. The lowest BCUT2D eigenvalue weighted by atomic mass is 10.2. The first-order valence-electron chi connectivity index (χ1n) is 5.73. The van der Waals surface area contributed by atoms with Gasteiger partial charge in [-0.15, -0.1) is 0 Å². The Morgan fingerprint density at radius 1 is 1.47 bits per heavy atom. The summed E-state index contributed by atoms with van der Waals surface area (Å²) in [6.45, 7) is 6.24. The molecule has 0 radical (unpaired) electrons. The van der Waals surface area contributed by atoms with E-state index in [-0.39, 0.29) is 11.9 Å². The minimum atomic E-state index is -0.352. The second-order valence-electron chi connectivity index (χ2n) is 3.70. The van der Waals surface area contributed by atoms with Gasteiger partial charge in [0.05, 0.1) is 0 Å². The van der Waals surface area contributed by atoms with Crippen molar-refractivity contribution >= 4 is 17.5 Å². The van der Waals surface area contributed by atoms with Crippen LogP contribution in [0, 0.1) is 0 Å². The highest BCUT2D eigenvalue weighted by Gasteiger charge is 2.15. The van der Waals surface area contributed by atoms with E-state index in [0.717, 1.165) is 12.0 Å². The minimum absolute atomic E-state index is 0.0632. The molecule has 0 aromatic carbocycles. The molecule has 0 aliphatic heterocycles. The van der Waals surface area contributed by atoms with Gasteiger partial charge in [-0.1, -0.05) is 6.92 Å². The zero-order valence-corrected chi connectivity index (χ0v) is 10.4. The van der Waals surface area contributed by atoms with Gasteiger partial charge in [0.25, 0.3) is 0 Å². The first-order valence-corrected chi connectivity index (χ1v) is 5.73. The number of anilines is 2. The number of nitrogens with two attached hydrogens (primary N) is 1. The molecular formula is C11H19N5O. The molecule has 1 rings (SSSR count). The van der Waals surface area contributed by atoms with Crippen LogP contribution in [0.1, 0.15) is 26.3 Å². The third-order valence-electron chi connectivity index (χ3n) is 2.43. The molecule has 1 heterocycles. The van der Waals surface area contributed by atoms with Gasteiger partial charge in [0.1, 0.15) is 24.0 Å². The van der Waals surface area contributed by atoms with E-state index < -0.39 is 0 Å². The number of amides is 1. The van der Waals surface area contributed by atoms with E-state index in [1.165, 1.54) is 6.33 Å². The minimum Gasteiger partial charge on any atom is -0.383 e. The summed E-state index contributed by atoms with van der Waals surface area (Å²) in [5, 5.41) is 5.79. The van der Waals surface area contributed by atoms with E-state index in [0.29, 0.717) is 18.2 Å². The lowest BCUT2D eigenvalue weighted by Crippen LogP contribution is -2.37. The van der Waals surface area contributed by atoms with Crippen LogP contribution in [0.25, 0.3) is 0 Å². The number of nitrogens with zero attached hydrogens (tertiary/aromatic N) is 2. The molecule has 6 heteroatoms. The van der Waals surface area contributed by atoms with Crippen molar-refractivity contribution in [2.24, 2.45) is 0 Å². The molecule has 1 unspecified atom stereocenters. The molecule has 6 nitrogen and oxygen atoms in total. The highest BCUT2D eigenvalue weighted by Crippen LogP contribution is 2.18. The predicted octanol–water partition coefficient (Wildman–Crippen LogP) is 0.558. The summed E-state index contributed by atoms with van der Waals surface area (Å²) in [6.07, 6.45) is 2.11. The third-order valence-corrected chi connectivity index (χ3v) is 2.43. The van der Waals surface area contributed by atoms with Crippen molar-refractivity contribution in [3.05, 3.63) is 11.9 Å². The molecule has 94 valence electrons. The molecule has 17 heavy (non-hydrogen) atoms. The van der Waals surface area contributed by atoms with Crippen molar-refractivity contribution in [1.82, 2.24) is 15.3 Å². The second kappa shape index (κ2) is 6.03. The predicted molar refractivity (Wildman–Crippen MR) is 67.6 cm³/mol. The highest BCUT2D eigenvalue weighted by atomic mass is 16.2. The zero-order valence-electron chi connectivity index (χ0n) is 10.4. The van der Waals surface area contributed by atoms with E-state index in [2.05, 4.69) is 20.6 Å². The van der Waals surface area contributed by atoms with Crippen molar-refractivity contribution in [3.63, 3.8) is 0 Å². The third kappa shape index (κ3) is 3.30. The van der Waals surface area contributed by atoms with Gasteiger partial charge >= 0.3 is 0 Å². The first kappa shape index (κ1) is 13.2. The number of hydrogen-bond acceptors (Lipinski definition) is 5. The van der Waals surface area contributed by atoms with Crippen molar-refractivity contribution in [2.45, 2.75) is 33.2 Å². The van der Waals surface area contributed by atoms with Crippen LogP contribution in [-0.4, -0.2) is 28.5 Å². The number of hydrogen-bond donors (Lipinski definition) is 3. The fraction of sp³-hybridized carbons (Fsp3) is 0.545. The summed E-state index contributed by atoms with van der Waals surface area (Å²) in [4.78, 5) is 19.6. The molecule has 0 fully saturated rings. The Bertz CT molecular complexity index is 393. The number of likely N-dealkylation sites (N-methyl/N-ethyl adjacent to an activating group) is 1. The zero-order chi connectivity index (χ0) is 12.8. The van der Waals surface area contributed by atoms with E-state index in [1.54, 1.807) is 6.92 Å². The van der Waals surface area contributed by atoms with E-state index in [1.807, 2.05) is 13.8 Å². The maximum absolute atomic E-state index is 11.6. The van der Waals surface area contributed by atoms with Gasteiger partial charge in [-0.05, 0) is 20.3 Å². The lowest BCUT2D eigenvalue weighted by Gasteiger charge is -2.16. The normalized spacial score (nSPS) is 11.9. The second-order valence-corrected chi connectivity index (χ2v) is 3.70. The monoisotopic (exact) mass is 237 g/mol. The topological polar surface area (TPSA) is 92.9 Å². The van der Waals surface area contributed by atoms with Crippen molar-refractivity contribution < 1.29 is 4.79 Å². The largest absolute Gasteiger partial charge is 0.383 e.